The number of nitrogens with zero attached hydrogens (tertiary/aromatic N) is 2. The largest absolute Gasteiger partial charge is 0.494 e. The van der Waals surface area contributed by atoms with Gasteiger partial charge in [-0.15, -0.1) is 0 Å². The number of carbonyl (C=O) groups excluding carboxylic acids is 3. The van der Waals surface area contributed by atoms with E-state index in [-0.39, 0.29) is 24.8 Å². The smallest absolute Gasteiger partial charge is 0.261 e. The Labute approximate surface area is 204 Å². The van der Waals surface area contributed by atoms with Crippen molar-refractivity contribution in [2.45, 2.75) is 25.8 Å². The fourth-order valence-electron chi connectivity index (χ4n) is 4.08. The standard InChI is InChI=1S/C28H28N2O5/c1-2-34-24-15-13-22(14-16-24)30-26(31)19-25(28(30)33)29(18-17-21-9-5-3-6-10-21)27(32)20-35-23-11-7-4-8-12-23/h3-16,25H,2,17-20H2,1H3. The van der Waals surface area contributed by atoms with Gasteiger partial charge in [0.05, 0.1) is 18.7 Å². The van der Waals surface area contributed by atoms with Crippen molar-refractivity contribution in [1.29, 1.82) is 0 Å². The third kappa shape index (κ3) is 5.87. The average molecular weight is 473 g/mol. The first-order valence-electron chi connectivity index (χ1n) is 11.7. The average Bonchev–Trinajstić information content (AvgIpc) is 3.18. The van der Waals surface area contributed by atoms with E-state index in [1.54, 1.807) is 36.4 Å². The SMILES string of the molecule is CCOc1ccc(N2C(=O)CC(N(CCc3ccccc3)C(=O)COc3ccccc3)C2=O)cc1. The molecule has 1 aliphatic heterocycles. The number of amides is 3. The Bertz CT molecular complexity index is 1150. The molecule has 0 aliphatic carbocycles. The first kappa shape index (κ1) is 24.0. The predicted octanol–water partition coefficient (Wildman–Crippen LogP) is 3.87. The van der Waals surface area contributed by atoms with Crippen molar-refractivity contribution in [3.63, 3.8) is 0 Å². The molecule has 1 aliphatic rings. The number of hydrogen-bond acceptors (Lipinski definition) is 5. The van der Waals surface area contributed by atoms with Crippen LogP contribution in [0.5, 0.6) is 11.5 Å². The third-order valence-corrected chi connectivity index (χ3v) is 5.82. The van der Waals surface area contributed by atoms with E-state index in [0.717, 1.165) is 10.5 Å². The maximum atomic E-state index is 13.4. The molecule has 1 unspecified atom stereocenters. The first-order valence-corrected chi connectivity index (χ1v) is 11.7. The molecule has 0 bridgehead atoms. The van der Waals surface area contributed by atoms with Crippen molar-refractivity contribution in [2.75, 3.05) is 24.7 Å². The summed E-state index contributed by atoms with van der Waals surface area (Å²) in [6, 6.07) is 24.7. The van der Waals surface area contributed by atoms with Crippen molar-refractivity contribution in [2.24, 2.45) is 0 Å². The van der Waals surface area contributed by atoms with E-state index in [1.807, 2.05) is 55.5 Å². The van der Waals surface area contributed by atoms with E-state index in [1.165, 1.54) is 4.90 Å². The van der Waals surface area contributed by atoms with Crippen LogP contribution in [0.25, 0.3) is 0 Å². The zero-order valence-corrected chi connectivity index (χ0v) is 19.6. The summed E-state index contributed by atoms with van der Waals surface area (Å²) < 4.78 is 11.1. The number of carbonyl (C=O) groups is 3. The molecule has 0 radical (unpaired) electrons. The molecule has 1 heterocycles. The Morgan fingerprint density at radius 1 is 0.886 bits per heavy atom. The molecular formula is C28H28N2O5. The highest BCUT2D eigenvalue weighted by atomic mass is 16.5. The lowest BCUT2D eigenvalue weighted by Crippen LogP contribution is -2.48. The summed E-state index contributed by atoms with van der Waals surface area (Å²) >= 11 is 0. The van der Waals surface area contributed by atoms with Gasteiger partial charge in [-0.05, 0) is 55.3 Å². The van der Waals surface area contributed by atoms with Gasteiger partial charge in [0.15, 0.2) is 6.61 Å². The molecule has 7 heteroatoms. The minimum Gasteiger partial charge on any atom is -0.494 e. The van der Waals surface area contributed by atoms with Crippen molar-refractivity contribution in [3.05, 3.63) is 90.5 Å². The normalized spacial score (nSPS) is 15.2. The van der Waals surface area contributed by atoms with Gasteiger partial charge in [-0.3, -0.25) is 14.4 Å². The van der Waals surface area contributed by atoms with Crippen molar-refractivity contribution < 1.29 is 23.9 Å². The number of ether oxygens (including phenoxy) is 2. The first-order chi connectivity index (χ1) is 17.1. The van der Waals surface area contributed by atoms with Crippen LogP contribution >= 0.6 is 0 Å². The van der Waals surface area contributed by atoms with Gasteiger partial charge in [-0.25, -0.2) is 4.90 Å². The van der Waals surface area contributed by atoms with Crippen LogP contribution in [0.15, 0.2) is 84.9 Å². The van der Waals surface area contributed by atoms with Crippen LogP contribution in [0.4, 0.5) is 5.69 Å². The van der Waals surface area contributed by atoms with Gasteiger partial charge in [0.2, 0.25) is 5.91 Å². The summed E-state index contributed by atoms with van der Waals surface area (Å²) in [5.74, 6) is 0.119. The third-order valence-electron chi connectivity index (χ3n) is 5.82. The predicted molar refractivity (Wildman–Crippen MR) is 132 cm³/mol. The quantitative estimate of drug-likeness (QED) is 0.419. The highest BCUT2D eigenvalue weighted by Crippen LogP contribution is 2.28. The van der Waals surface area contributed by atoms with E-state index in [0.29, 0.717) is 36.8 Å². The Kier molecular flexibility index (Phi) is 7.77. The van der Waals surface area contributed by atoms with Crippen molar-refractivity contribution in [1.82, 2.24) is 4.90 Å². The fourth-order valence-corrected chi connectivity index (χ4v) is 4.08. The van der Waals surface area contributed by atoms with Gasteiger partial charge in [-0.2, -0.15) is 0 Å². The van der Waals surface area contributed by atoms with E-state index < -0.39 is 11.9 Å². The molecule has 3 aromatic rings. The second kappa shape index (κ2) is 11.3. The molecule has 3 amide bonds. The maximum absolute atomic E-state index is 13.4. The lowest BCUT2D eigenvalue weighted by Gasteiger charge is -2.28. The number of imide groups is 1. The van der Waals surface area contributed by atoms with Crippen LogP contribution in [0.1, 0.15) is 18.9 Å². The Hall–Kier alpha value is -4.13. The second-order valence-corrected chi connectivity index (χ2v) is 8.14. The van der Waals surface area contributed by atoms with Crippen LogP contribution in [0.2, 0.25) is 0 Å². The van der Waals surface area contributed by atoms with Gasteiger partial charge in [0.1, 0.15) is 17.5 Å². The topological polar surface area (TPSA) is 76.2 Å². The molecule has 1 fully saturated rings. The van der Waals surface area contributed by atoms with E-state index in [9.17, 15) is 14.4 Å². The molecule has 35 heavy (non-hydrogen) atoms. The molecule has 0 aromatic heterocycles. The van der Waals surface area contributed by atoms with Gasteiger partial charge >= 0.3 is 0 Å². The summed E-state index contributed by atoms with van der Waals surface area (Å²) in [6.07, 6.45) is 0.483. The van der Waals surface area contributed by atoms with Gasteiger partial charge < -0.3 is 14.4 Å². The number of para-hydroxylation sites is 1. The fraction of sp³-hybridized carbons (Fsp3) is 0.250. The van der Waals surface area contributed by atoms with Gasteiger partial charge in [-0.1, -0.05) is 48.5 Å². The van der Waals surface area contributed by atoms with E-state index >= 15 is 0 Å². The molecule has 7 nitrogen and oxygen atoms in total. The molecule has 1 saturated heterocycles. The number of rotatable bonds is 10. The lowest BCUT2D eigenvalue weighted by molar-refractivity contribution is -0.140. The van der Waals surface area contributed by atoms with Crippen LogP contribution in [-0.4, -0.2) is 48.4 Å². The van der Waals surface area contributed by atoms with Gasteiger partial charge in [0, 0.05) is 6.54 Å². The molecule has 1 atom stereocenters. The Morgan fingerprint density at radius 2 is 1.51 bits per heavy atom. The molecule has 3 aromatic carbocycles. The van der Waals surface area contributed by atoms with Crippen LogP contribution in [-0.2, 0) is 20.8 Å². The van der Waals surface area contributed by atoms with Crippen LogP contribution in [0, 0.1) is 0 Å². The minimum atomic E-state index is -0.885. The summed E-state index contributed by atoms with van der Waals surface area (Å²) in [5, 5.41) is 0. The molecule has 180 valence electrons. The summed E-state index contributed by atoms with van der Waals surface area (Å²) in [5.41, 5.74) is 1.50. The zero-order valence-electron chi connectivity index (χ0n) is 19.6. The lowest BCUT2D eigenvalue weighted by atomic mass is 10.1. The molecular weight excluding hydrogens is 444 g/mol. The highest BCUT2D eigenvalue weighted by molar-refractivity contribution is 6.23. The zero-order chi connectivity index (χ0) is 24.6. The molecule has 0 N–H and O–H groups in total. The Balaban J connectivity index is 1.52. The number of benzene rings is 3. The molecule has 4 rings (SSSR count). The van der Waals surface area contributed by atoms with E-state index in [2.05, 4.69) is 0 Å². The second-order valence-electron chi connectivity index (χ2n) is 8.14. The minimum absolute atomic E-state index is 0.0715. The van der Waals surface area contributed by atoms with Crippen molar-refractivity contribution >= 4 is 23.4 Å². The molecule has 0 spiro atoms. The molecule has 0 saturated carbocycles. The number of anilines is 1. The Morgan fingerprint density at radius 3 is 2.17 bits per heavy atom. The highest BCUT2D eigenvalue weighted by Gasteiger charge is 2.44. The van der Waals surface area contributed by atoms with Crippen molar-refractivity contribution in [3.8, 4) is 11.5 Å². The van der Waals surface area contributed by atoms with Crippen LogP contribution < -0.4 is 14.4 Å². The van der Waals surface area contributed by atoms with E-state index in [4.69, 9.17) is 9.47 Å². The monoisotopic (exact) mass is 472 g/mol. The van der Waals surface area contributed by atoms with Gasteiger partial charge in [0.25, 0.3) is 11.8 Å². The summed E-state index contributed by atoms with van der Waals surface area (Å²) in [4.78, 5) is 42.2. The van der Waals surface area contributed by atoms with Crippen LogP contribution in [0.3, 0.4) is 0 Å². The summed E-state index contributed by atoms with van der Waals surface area (Å²) in [6.45, 7) is 2.47. The number of hydrogen-bond donors (Lipinski definition) is 0. The maximum Gasteiger partial charge on any atom is 0.261 e. The summed E-state index contributed by atoms with van der Waals surface area (Å²) in [7, 11) is 0.